The van der Waals surface area contributed by atoms with E-state index in [0.717, 1.165) is 34.8 Å². The van der Waals surface area contributed by atoms with E-state index in [2.05, 4.69) is 14.6 Å². The third-order valence-corrected chi connectivity index (χ3v) is 5.45. The second-order valence-electron chi connectivity index (χ2n) is 7.56. The Bertz CT molecular complexity index is 1280. The van der Waals surface area contributed by atoms with Gasteiger partial charge in [0.1, 0.15) is 17.2 Å². The second kappa shape index (κ2) is 8.83. The van der Waals surface area contributed by atoms with Crippen LogP contribution in [0.3, 0.4) is 0 Å². The molecule has 4 nitrogen and oxygen atoms in total. The number of alkyl halides is 3. The number of aryl methyl sites for hydroxylation is 1. The highest BCUT2D eigenvalue weighted by Gasteiger charge is 2.32. The Hall–Kier alpha value is -3.45. The smallest absolute Gasteiger partial charge is 0.457 e. The van der Waals surface area contributed by atoms with Gasteiger partial charge in [-0.15, -0.1) is 25.6 Å². The van der Waals surface area contributed by atoms with Crippen LogP contribution in [0.1, 0.15) is 11.3 Å². The maximum atomic E-state index is 12.8. The van der Waals surface area contributed by atoms with Gasteiger partial charge in [-0.05, 0) is 73.5 Å². The Morgan fingerprint density at radius 1 is 0.879 bits per heavy atom. The van der Waals surface area contributed by atoms with Crippen molar-refractivity contribution in [2.24, 2.45) is 0 Å². The van der Waals surface area contributed by atoms with E-state index in [4.69, 9.17) is 4.74 Å². The minimum Gasteiger partial charge on any atom is -0.457 e. The lowest BCUT2D eigenvalue weighted by molar-refractivity contribution is -0.274. The summed E-state index contributed by atoms with van der Waals surface area (Å²) in [6.45, 7) is 2.64. The van der Waals surface area contributed by atoms with Gasteiger partial charge in [0.05, 0.1) is 11.2 Å². The van der Waals surface area contributed by atoms with Crippen LogP contribution in [-0.2, 0) is 6.42 Å². The predicted octanol–water partition coefficient (Wildman–Crippen LogP) is 7.35. The van der Waals surface area contributed by atoms with Gasteiger partial charge < -0.3 is 14.4 Å². The fourth-order valence-corrected chi connectivity index (χ4v) is 4.10. The van der Waals surface area contributed by atoms with Crippen molar-refractivity contribution in [3.8, 4) is 17.2 Å². The zero-order valence-electron chi connectivity index (χ0n) is 17.6. The third-order valence-electron chi connectivity index (χ3n) is 5.45. The minimum atomic E-state index is -4.75. The summed E-state index contributed by atoms with van der Waals surface area (Å²) in [5, 5.41) is 0.634. The summed E-state index contributed by atoms with van der Waals surface area (Å²) in [7, 11) is 0. The summed E-state index contributed by atoms with van der Waals surface area (Å²) in [6, 6.07) is 21.4. The van der Waals surface area contributed by atoms with Crippen molar-refractivity contribution in [2.75, 3.05) is 11.4 Å². The molecule has 4 aromatic rings. The molecule has 5 rings (SSSR count). The van der Waals surface area contributed by atoms with Crippen molar-refractivity contribution in [3.63, 3.8) is 0 Å². The molecule has 0 unspecified atom stereocenters. The highest BCUT2D eigenvalue weighted by atomic mass is 35.5. The van der Waals surface area contributed by atoms with E-state index >= 15 is 0 Å². The summed E-state index contributed by atoms with van der Waals surface area (Å²) >= 11 is 0. The summed E-state index contributed by atoms with van der Waals surface area (Å²) < 4.78 is 48.3. The first-order valence-electron chi connectivity index (χ1n) is 10.2. The summed E-state index contributed by atoms with van der Waals surface area (Å²) in [5.41, 5.74) is 4.34. The number of para-hydroxylation sites is 1. The second-order valence-corrected chi connectivity index (χ2v) is 7.56. The molecule has 0 atom stereocenters. The molecular weight excluding hydrogens is 453 g/mol. The van der Waals surface area contributed by atoms with E-state index in [-0.39, 0.29) is 18.2 Å². The Kier molecular flexibility index (Phi) is 6.08. The van der Waals surface area contributed by atoms with E-state index in [0.29, 0.717) is 23.2 Å². The topological polar surface area (TPSA) is 34.6 Å². The van der Waals surface area contributed by atoms with Gasteiger partial charge in [-0.2, -0.15) is 0 Å². The lowest BCUT2D eigenvalue weighted by Crippen LogP contribution is -2.17. The highest BCUT2D eigenvalue weighted by molar-refractivity contribution is 5.98. The number of anilines is 2. The number of pyridine rings is 1. The maximum absolute atomic E-state index is 12.8. The Morgan fingerprint density at radius 2 is 1.55 bits per heavy atom. The fourth-order valence-electron chi connectivity index (χ4n) is 4.10. The molecule has 0 amide bonds. The number of halogens is 4. The van der Waals surface area contributed by atoms with Gasteiger partial charge in [0.2, 0.25) is 0 Å². The molecule has 8 heteroatoms. The molecule has 0 saturated heterocycles. The molecule has 2 heterocycles. The monoisotopic (exact) mass is 472 g/mol. The number of benzene rings is 3. The highest BCUT2D eigenvalue weighted by Crippen LogP contribution is 2.42. The SMILES string of the molecule is Cc1nc2ccc(OC(F)(F)F)cc2c2c1CCN2c1ccc(Oc2ccccc2)cc1.Cl. The zero-order chi connectivity index (χ0) is 22.3. The molecule has 1 aromatic heterocycles. The molecule has 0 N–H and O–H groups in total. The lowest BCUT2D eigenvalue weighted by Gasteiger charge is -2.22. The van der Waals surface area contributed by atoms with Crippen LogP contribution in [0.5, 0.6) is 17.2 Å². The Balaban J connectivity index is 0.00000259. The molecule has 1 aliphatic heterocycles. The van der Waals surface area contributed by atoms with Gasteiger partial charge in [0, 0.05) is 23.3 Å². The van der Waals surface area contributed by atoms with Gasteiger partial charge in [-0.1, -0.05) is 18.2 Å². The average Bonchev–Trinajstić information content (AvgIpc) is 3.21. The normalized spacial score (nSPS) is 12.9. The van der Waals surface area contributed by atoms with Crippen LogP contribution in [-0.4, -0.2) is 17.9 Å². The van der Waals surface area contributed by atoms with Gasteiger partial charge in [0.25, 0.3) is 0 Å². The summed E-state index contributed by atoms with van der Waals surface area (Å²) in [5.74, 6) is 1.20. The number of hydrogen-bond acceptors (Lipinski definition) is 4. The summed E-state index contributed by atoms with van der Waals surface area (Å²) in [6.07, 6.45) is -3.99. The van der Waals surface area contributed by atoms with Crippen LogP contribution in [0.2, 0.25) is 0 Å². The molecule has 0 spiro atoms. The minimum absolute atomic E-state index is 0. The number of nitrogens with zero attached hydrogens (tertiary/aromatic N) is 2. The van der Waals surface area contributed by atoms with Gasteiger partial charge in [-0.3, -0.25) is 4.98 Å². The number of fused-ring (bicyclic) bond motifs is 3. The van der Waals surface area contributed by atoms with Crippen molar-refractivity contribution in [3.05, 3.63) is 84.1 Å². The molecule has 0 fully saturated rings. The number of rotatable bonds is 4. The maximum Gasteiger partial charge on any atom is 0.573 e. The molecule has 33 heavy (non-hydrogen) atoms. The van der Waals surface area contributed by atoms with Crippen molar-refractivity contribution >= 4 is 34.7 Å². The van der Waals surface area contributed by atoms with Crippen molar-refractivity contribution in [2.45, 2.75) is 19.7 Å². The van der Waals surface area contributed by atoms with Crippen LogP contribution in [0, 0.1) is 6.92 Å². The molecule has 1 aliphatic rings. The molecule has 0 aliphatic carbocycles. The molecular formula is C25H20ClF3N2O2. The van der Waals surface area contributed by atoms with Crippen LogP contribution in [0.4, 0.5) is 24.5 Å². The molecule has 0 bridgehead atoms. The first-order valence-corrected chi connectivity index (χ1v) is 10.2. The van der Waals surface area contributed by atoms with Crippen LogP contribution in [0.15, 0.2) is 72.8 Å². The number of hydrogen-bond donors (Lipinski definition) is 0. The first-order chi connectivity index (χ1) is 15.4. The third kappa shape index (κ3) is 4.68. The van der Waals surface area contributed by atoms with Crippen LogP contribution in [0.25, 0.3) is 10.9 Å². The summed E-state index contributed by atoms with van der Waals surface area (Å²) in [4.78, 5) is 6.70. The van der Waals surface area contributed by atoms with Crippen molar-refractivity contribution in [1.82, 2.24) is 4.98 Å². The largest absolute Gasteiger partial charge is 0.573 e. The molecule has 0 saturated carbocycles. The van der Waals surface area contributed by atoms with E-state index in [9.17, 15) is 13.2 Å². The quantitative estimate of drug-likeness (QED) is 0.311. The van der Waals surface area contributed by atoms with Gasteiger partial charge in [-0.25, -0.2) is 0 Å². The predicted molar refractivity (Wildman–Crippen MR) is 124 cm³/mol. The van der Waals surface area contributed by atoms with Crippen molar-refractivity contribution in [1.29, 1.82) is 0 Å². The van der Waals surface area contributed by atoms with Crippen LogP contribution >= 0.6 is 12.4 Å². The first kappa shape index (κ1) is 22.7. The zero-order valence-corrected chi connectivity index (χ0v) is 18.4. The Morgan fingerprint density at radius 3 is 2.24 bits per heavy atom. The molecule has 3 aromatic carbocycles. The fraction of sp³-hybridized carbons (Fsp3) is 0.160. The average molecular weight is 473 g/mol. The van der Waals surface area contributed by atoms with Gasteiger partial charge in [0.15, 0.2) is 0 Å². The van der Waals surface area contributed by atoms with E-state index < -0.39 is 6.36 Å². The molecule has 0 radical (unpaired) electrons. The van der Waals surface area contributed by atoms with E-state index in [1.807, 2.05) is 61.5 Å². The van der Waals surface area contributed by atoms with E-state index in [1.165, 1.54) is 12.1 Å². The molecule has 170 valence electrons. The van der Waals surface area contributed by atoms with Gasteiger partial charge >= 0.3 is 6.36 Å². The number of aromatic nitrogens is 1. The standard InChI is InChI=1S/C25H19F3N2O2.ClH/c1-16-21-13-14-30(17-7-9-19(10-8-17)31-18-5-3-2-4-6-18)24(21)22-15-20(32-25(26,27)28)11-12-23(22)29-16;/h2-12,15H,13-14H2,1H3;1H. The van der Waals surface area contributed by atoms with E-state index in [1.54, 1.807) is 6.07 Å². The van der Waals surface area contributed by atoms with Crippen LogP contribution < -0.4 is 14.4 Å². The Labute approximate surface area is 195 Å². The lowest BCUT2D eigenvalue weighted by atomic mass is 10.1. The number of ether oxygens (including phenoxy) is 2. The van der Waals surface area contributed by atoms with Crippen molar-refractivity contribution < 1.29 is 22.6 Å².